The summed E-state index contributed by atoms with van der Waals surface area (Å²) in [5.74, 6) is -2.84. The maximum atomic E-state index is 11.7. The van der Waals surface area contributed by atoms with E-state index in [-0.39, 0.29) is 45.0 Å². The summed E-state index contributed by atoms with van der Waals surface area (Å²) >= 11 is 0. The molecular formula is C17H31N3O8. The summed E-state index contributed by atoms with van der Waals surface area (Å²) in [7, 11) is 0. The predicted molar refractivity (Wildman–Crippen MR) is 98.0 cm³/mol. The molecule has 1 unspecified atom stereocenters. The van der Waals surface area contributed by atoms with E-state index in [2.05, 4.69) is 16.0 Å². The Morgan fingerprint density at radius 1 is 0.893 bits per heavy atom. The van der Waals surface area contributed by atoms with Crippen molar-refractivity contribution in [1.82, 2.24) is 16.0 Å². The summed E-state index contributed by atoms with van der Waals surface area (Å²) in [4.78, 5) is 45.6. The van der Waals surface area contributed by atoms with Crippen LogP contribution in [0.1, 0.15) is 40.0 Å². The molecule has 0 aromatic carbocycles. The largest absolute Gasteiger partial charge is 0.481 e. The molecule has 0 aliphatic carbocycles. The SMILES string of the molecule is CC(O)(CC(=O)O)CC(=O)NCCNC(=O)CCNC(=O)[C@H](O)C(C)(C)CO. The van der Waals surface area contributed by atoms with Gasteiger partial charge in [0.2, 0.25) is 17.7 Å². The Bertz CT molecular complexity index is 563. The minimum Gasteiger partial charge on any atom is -0.481 e. The molecule has 7 N–H and O–H groups in total. The average Bonchev–Trinajstić information content (AvgIpc) is 2.56. The van der Waals surface area contributed by atoms with Gasteiger partial charge in [0, 0.05) is 31.5 Å². The zero-order valence-corrected chi connectivity index (χ0v) is 16.4. The van der Waals surface area contributed by atoms with Gasteiger partial charge in [-0.3, -0.25) is 19.2 Å². The van der Waals surface area contributed by atoms with Crippen LogP contribution in [0.15, 0.2) is 0 Å². The first-order chi connectivity index (χ1) is 12.8. The molecule has 0 bridgehead atoms. The number of carbonyl (C=O) groups excluding carboxylic acids is 3. The van der Waals surface area contributed by atoms with Crippen molar-refractivity contribution in [3.05, 3.63) is 0 Å². The first kappa shape index (κ1) is 25.8. The van der Waals surface area contributed by atoms with Gasteiger partial charge in [0.05, 0.1) is 25.0 Å². The number of carboxylic acid groups (broad SMARTS) is 1. The third kappa shape index (κ3) is 10.8. The zero-order valence-electron chi connectivity index (χ0n) is 16.4. The van der Waals surface area contributed by atoms with E-state index in [1.807, 2.05) is 0 Å². The van der Waals surface area contributed by atoms with Gasteiger partial charge in [0.1, 0.15) is 6.10 Å². The number of amides is 3. The third-order valence-corrected chi connectivity index (χ3v) is 3.89. The summed E-state index contributed by atoms with van der Waals surface area (Å²) in [6, 6.07) is 0. The molecule has 0 saturated carbocycles. The van der Waals surface area contributed by atoms with E-state index in [0.29, 0.717) is 0 Å². The number of aliphatic hydroxyl groups excluding tert-OH is 2. The summed E-state index contributed by atoms with van der Waals surface area (Å²) in [6.07, 6.45) is -2.40. The third-order valence-electron chi connectivity index (χ3n) is 3.89. The van der Waals surface area contributed by atoms with Crippen LogP contribution in [0.5, 0.6) is 0 Å². The molecule has 0 spiro atoms. The molecule has 28 heavy (non-hydrogen) atoms. The van der Waals surface area contributed by atoms with E-state index in [0.717, 1.165) is 0 Å². The minimum absolute atomic E-state index is 0.00630. The van der Waals surface area contributed by atoms with E-state index in [9.17, 15) is 29.4 Å². The Labute approximate surface area is 163 Å². The van der Waals surface area contributed by atoms with E-state index < -0.39 is 41.3 Å². The van der Waals surface area contributed by atoms with E-state index in [4.69, 9.17) is 10.2 Å². The summed E-state index contributed by atoms with van der Waals surface area (Å²) in [5.41, 5.74) is -2.66. The second-order valence-electron chi connectivity index (χ2n) is 7.53. The molecule has 0 saturated heterocycles. The standard InChI is InChI=1S/C17H31N3O8/c1-16(2,10-21)14(26)15(27)20-5-4-11(22)18-6-7-19-12(23)8-17(3,28)9-13(24)25/h14,21,26,28H,4-10H2,1-3H3,(H,18,22)(H,19,23)(H,20,27)(H,24,25)/t14-,17?/m0/s1. The quantitative estimate of drug-likeness (QED) is 0.167. The fraction of sp³-hybridized carbons (Fsp3) is 0.765. The average molecular weight is 405 g/mol. The lowest BCUT2D eigenvalue weighted by atomic mass is 9.87. The van der Waals surface area contributed by atoms with Crippen molar-refractivity contribution in [2.45, 2.75) is 51.7 Å². The van der Waals surface area contributed by atoms with Gasteiger partial charge < -0.3 is 36.4 Å². The van der Waals surface area contributed by atoms with Crippen molar-refractivity contribution in [3.8, 4) is 0 Å². The van der Waals surface area contributed by atoms with Crippen molar-refractivity contribution < 1.29 is 39.6 Å². The lowest BCUT2D eigenvalue weighted by Crippen LogP contribution is -2.46. The Morgan fingerprint density at radius 2 is 1.43 bits per heavy atom. The van der Waals surface area contributed by atoms with Gasteiger partial charge in [-0.2, -0.15) is 0 Å². The first-order valence-corrected chi connectivity index (χ1v) is 8.85. The zero-order chi connectivity index (χ0) is 22.0. The molecule has 3 amide bonds. The Hall–Kier alpha value is -2.24. The van der Waals surface area contributed by atoms with Crippen molar-refractivity contribution in [1.29, 1.82) is 0 Å². The summed E-state index contributed by atoms with van der Waals surface area (Å²) < 4.78 is 0. The molecule has 0 aromatic heterocycles. The molecule has 0 radical (unpaired) electrons. The van der Waals surface area contributed by atoms with Crippen LogP contribution >= 0.6 is 0 Å². The Morgan fingerprint density at radius 3 is 1.93 bits per heavy atom. The van der Waals surface area contributed by atoms with Crippen LogP contribution in [0.4, 0.5) is 0 Å². The van der Waals surface area contributed by atoms with Crippen molar-refractivity contribution in [2.75, 3.05) is 26.2 Å². The molecule has 0 aliphatic heterocycles. The molecule has 11 heteroatoms. The Kier molecular flexibility index (Phi) is 10.6. The van der Waals surface area contributed by atoms with Crippen molar-refractivity contribution in [2.24, 2.45) is 5.41 Å². The van der Waals surface area contributed by atoms with Gasteiger partial charge in [0.25, 0.3) is 0 Å². The number of hydrogen-bond donors (Lipinski definition) is 7. The summed E-state index contributed by atoms with van der Waals surface area (Å²) in [5, 5.41) is 44.7. The lowest BCUT2D eigenvalue weighted by molar-refractivity contribution is -0.143. The molecule has 0 aromatic rings. The first-order valence-electron chi connectivity index (χ1n) is 8.85. The molecule has 162 valence electrons. The molecule has 0 fully saturated rings. The second kappa shape index (κ2) is 11.6. The molecule has 0 aliphatic rings. The molecule has 0 heterocycles. The summed E-state index contributed by atoms with van der Waals surface area (Å²) in [6.45, 7) is 4.12. The number of aliphatic carboxylic acids is 1. The number of rotatable bonds is 13. The number of carbonyl (C=O) groups is 4. The topological polar surface area (TPSA) is 185 Å². The highest BCUT2D eigenvalue weighted by atomic mass is 16.4. The fourth-order valence-electron chi connectivity index (χ4n) is 2.13. The molecule has 11 nitrogen and oxygen atoms in total. The van der Waals surface area contributed by atoms with Gasteiger partial charge >= 0.3 is 5.97 Å². The van der Waals surface area contributed by atoms with Crippen molar-refractivity contribution >= 4 is 23.7 Å². The number of aliphatic hydroxyl groups is 3. The minimum atomic E-state index is -1.66. The highest BCUT2D eigenvalue weighted by molar-refractivity contribution is 5.82. The predicted octanol–water partition coefficient (Wildman–Crippen LogP) is -2.28. The van der Waals surface area contributed by atoms with E-state index >= 15 is 0 Å². The normalized spacial score (nSPS) is 14.5. The molecule has 0 rings (SSSR count). The van der Waals surface area contributed by atoms with Gasteiger partial charge in [-0.15, -0.1) is 0 Å². The van der Waals surface area contributed by atoms with E-state index in [1.54, 1.807) is 0 Å². The molecular weight excluding hydrogens is 374 g/mol. The Balaban J connectivity index is 3.99. The van der Waals surface area contributed by atoms with Crippen molar-refractivity contribution in [3.63, 3.8) is 0 Å². The van der Waals surface area contributed by atoms with Crippen LogP contribution in [0, 0.1) is 5.41 Å². The molecule has 2 atom stereocenters. The van der Waals surface area contributed by atoms with Gasteiger partial charge in [-0.1, -0.05) is 13.8 Å². The maximum absolute atomic E-state index is 11.7. The number of carboxylic acids is 1. The number of hydrogen-bond acceptors (Lipinski definition) is 7. The van der Waals surface area contributed by atoms with Crippen LogP contribution in [0.3, 0.4) is 0 Å². The lowest BCUT2D eigenvalue weighted by Gasteiger charge is -2.27. The van der Waals surface area contributed by atoms with Crippen LogP contribution in [-0.4, -0.2) is 82.1 Å². The van der Waals surface area contributed by atoms with Gasteiger partial charge in [0.15, 0.2) is 0 Å². The van der Waals surface area contributed by atoms with Gasteiger partial charge in [-0.05, 0) is 6.92 Å². The van der Waals surface area contributed by atoms with Gasteiger partial charge in [-0.25, -0.2) is 0 Å². The van der Waals surface area contributed by atoms with Crippen LogP contribution in [0.25, 0.3) is 0 Å². The number of nitrogens with one attached hydrogen (secondary N) is 3. The van der Waals surface area contributed by atoms with E-state index in [1.165, 1.54) is 20.8 Å². The maximum Gasteiger partial charge on any atom is 0.306 e. The highest BCUT2D eigenvalue weighted by Crippen LogP contribution is 2.19. The van der Waals surface area contributed by atoms with Crippen LogP contribution < -0.4 is 16.0 Å². The van der Waals surface area contributed by atoms with Crippen LogP contribution in [0.2, 0.25) is 0 Å². The fourth-order valence-corrected chi connectivity index (χ4v) is 2.13. The monoisotopic (exact) mass is 405 g/mol. The second-order valence-corrected chi connectivity index (χ2v) is 7.53. The smallest absolute Gasteiger partial charge is 0.306 e. The highest BCUT2D eigenvalue weighted by Gasteiger charge is 2.32. The van der Waals surface area contributed by atoms with Crippen LogP contribution in [-0.2, 0) is 19.2 Å².